The molecule has 1 aliphatic heterocycles. The molecule has 0 aromatic rings. The van der Waals surface area contributed by atoms with Crippen molar-refractivity contribution in [3.63, 3.8) is 0 Å². The third-order valence-corrected chi connectivity index (χ3v) is 4.90. The van der Waals surface area contributed by atoms with Crippen molar-refractivity contribution >= 4 is 0 Å². The van der Waals surface area contributed by atoms with Crippen LogP contribution < -0.4 is 5.73 Å². The molecule has 0 aromatic carbocycles. The van der Waals surface area contributed by atoms with Crippen LogP contribution in [0.2, 0.25) is 0 Å². The van der Waals surface area contributed by atoms with E-state index in [1.54, 1.807) is 0 Å². The normalized spacial score (nSPS) is 30.3. The lowest BCUT2D eigenvalue weighted by Crippen LogP contribution is -2.34. The maximum Gasteiger partial charge on any atom is 0.0644 e. The van der Waals surface area contributed by atoms with Crippen molar-refractivity contribution in [2.24, 2.45) is 23.5 Å². The van der Waals surface area contributed by atoms with Gasteiger partial charge in [-0.1, -0.05) is 32.3 Å². The van der Waals surface area contributed by atoms with Crippen LogP contribution in [0.3, 0.4) is 0 Å². The number of hydrogen-bond donors (Lipinski definition) is 1. The van der Waals surface area contributed by atoms with Gasteiger partial charge in [0.1, 0.15) is 0 Å². The zero-order valence-electron chi connectivity index (χ0n) is 14.2. The first kappa shape index (κ1) is 18.7. The van der Waals surface area contributed by atoms with Crippen LogP contribution in [0.1, 0.15) is 45.4 Å². The minimum absolute atomic E-state index is 0.695. The van der Waals surface area contributed by atoms with Gasteiger partial charge < -0.3 is 15.4 Å². The number of ether oxygens (including phenoxy) is 1. The lowest BCUT2D eigenvalue weighted by Gasteiger charge is -2.29. The lowest BCUT2D eigenvalue weighted by atomic mass is 9.81. The van der Waals surface area contributed by atoms with Crippen molar-refractivity contribution in [2.75, 3.05) is 39.9 Å². The molecule has 2 aliphatic rings. The Hall–Kier alpha value is -0.380. The molecular formula is C18H36N2O. The predicted molar refractivity (Wildman–Crippen MR) is 91.4 cm³/mol. The van der Waals surface area contributed by atoms with Crippen LogP contribution in [0.25, 0.3) is 0 Å². The quantitative estimate of drug-likeness (QED) is 0.625. The van der Waals surface area contributed by atoms with Gasteiger partial charge in [-0.2, -0.15) is 0 Å². The third-order valence-electron chi connectivity index (χ3n) is 4.90. The molecule has 1 heterocycles. The highest BCUT2D eigenvalue weighted by Crippen LogP contribution is 2.28. The number of hydrogen-bond acceptors (Lipinski definition) is 3. The zero-order valence-corrected chi connectivity index (χ0v) is 14.2. The van der Waals surface area contributed by atoms with Crippen LogP contribution >= 0.6 is 0 Å². The SMILES string of the molecule is C=CCOC[C@H]1CCCN(C)C1.CC1CCCCC1CN. The van der Waals surface area contributed by atoms with Crippen LogP contribution in [-0.2, 0) is 4.74 Å². The summed E-state index contributed by atoms with van der Waals surface area (Å²) in [5.74, 6) is 2.46. The Morgan fingerprint density at radius 1 is 1.24 bits per heavy atom. The van der Waals surface area contributed by atoms with Gasteiger partial charge in [0.2, 0.25) is 0 Å². The molecule has 3 atom stereocenters. The van der Waals surface area contributed by atoms with Crippen molar-refractivity contribution in [1.82, 2.24) is 4.90 Å². The second-order valence-corrected chi connectivity index (χ2v) is 6.85. The first-order valence-corrected chi connectivity index (χ1v) is 8.74. The van der Waals surface area contributed by atoms with Crippen molar-refractivity contribution in [3.8, 4) is 0 Å². The molecule has 0 amide bonds. The van der Waals surface area contributed by atoms with Gasteiger partial charge >= 0.3 is 0 Å². The van der Waals surface area contributed by atoms with E-state index < -0.39 is 0 Å². The molecule has 1 aliphatic carbocycles. The molecule has 2 fully saturated rings. The van der Waals surface area contributed by atoms with E-state index >= 15 is 0 Å². The standard InChI is InChI=1S/C10H19NO.C8H17N/c1-3-7-12-9-10-5-4-6-11(2)8-10;1-7-4-2-3-5-8(7)6-9/h3,10H,1,4-9H2,2H3;7-8H,2-6,9H2,1H3/t10-;/m0./s1. The molecule has 1 saturated carbocycles. The van der Waals surface area contributed by atoms with Crippen molar-refractivity contribution in [1.29, 1.82) is 0 Å². The number of rotatable bonds is 5. The predicted octanol–water partition coefficient (Wildman–Crippen LogP) is 3.30. The fourth-order valence-electron chi connectivity index (χ4n) is 3.47. The summed E-state index contributed by atoms with van der Waals surface area (Å²) in [4.78, 5) is 2.38. The van der Waals surface area contributed by atoms with Crippen LogP contribution in [0.4, 0.5) is 0 Å². The number of nitrogens with two attached hydrogens (primary N) is 1. The highest BCUT2D eigenvalue weighted by Gasteiger charge is 2.19. The smallest absolute Gasteiger partial charge is 0.0644 e. The van der Waals surface area contributed by atoms with Crippen molar-refractivity contribution in [3.05, 3.63) is 12.7 Å². The van der Waals surface area contributed by atoms with Gasteiger partial charge in [0.05, 0.1) is 13.2 Å². The first-order valence-electron chi connectivity index (χ1n) is 8.74. The largest absolute Gasteiger partial charge is 0.377 e. The number of piperidine rings is 1. The molecule has 3 heteroatoms. The monoisotopic (exact) mass is 296 g/mol. The van der Waals surface area contributed by atoms with Crippen LogP contribution in [0.5, 0.6) is 0 Å². The Bertz CT molecular complexity index is 270. The molecule has 2 unspecified atom stereocenters. The molecule has 2 rings (SSSR count). The van der Waals surface area contributed by atoms with E-state index in [-0.39, 0.29) is 0 Å². The highest BCUT2D eigenvalue weighted by molar-refractivity contribution is 4.72. The molecular weight excluding hydrogens is 260 g/mol. The number of nitrogens with zero attached hydrogens (tertiary/aromatic N) is 1. The average molecular weight is 296 g/mol. The molecule has 21 heavy (non-hydrogen) atoms. The Morgan fingerprint density at radius 2 is 2.00 bits per heavy atom. The van der Waals surface area contributed by atoms with E-state index in [2.05, 4.69) is 25.5 Å². The molecule has 3 nitrogen and oxygen atoms in total. The van der Waals surface area contributed by atoms with Crippen molar-refractivity contribution in [2.45, 2.75) is 45.4 Å². The summed E-state index contributed by atoms with van der Waals surface area (Å²) in [5, 5.41) is 0. The van der Waals surface area contributed by atoms with E-state index in [4.69, 9.17) is 10.5 Å². The summed E-state index contributed by atoms with van der Waals surface area (Å²) in [7, 11) is 2.18. The van der Waals surface area contributed by atoms with Crippen LogP contribution in [-0.4, -0.2) is 44.8 Å². The molecule has 0 aromatic heterocycles. The Balaban J connectivity index is 0.000000219. The van der Waals surface area contributed by atoms with Gasteiger partial charge in [-0.25, -0.2) is 0 Å². The van der Waals surface area contributed by atoms with Gasteiger partial charge in [-0.3, -0.25) is 0 Å². The first-order chi connectivity index (χ1) is 10.2. The van der Waals surface area contributed by atoms with Crippen LogP contribution in [0.15, 0.2) is 12.7 Å². The average Bonchev–Trinajstić information content (AvgIpc) is 2.49. The van der Waals surface area contributed by atoms with E-state index in [1.165, 1.54) is 51.6 Å². The van der Waals surface area contributed by atoms with E-state index in [0.717, 1.165) is 30.9 Å². The minimum Gasteiger partial charge on any atom is -0.377 e. The molecule has 0 bridgehead atoms. The molecule has 0 radical (unpaired) electrons. The van der Waals surface area contributed by atoms with Gasteiger partial charge in [0.25, 0.3) is 0 Å². The number of likely N-dealkylation sites (tertiary alicyclic amines) is 1. The molecule has 2 N–H and O–H groups in total. The second-order valence-electron chi connectivity index (χ2n) is 6.85. The summed E-state index contributed by atoms with van der Waals surface area (Å²) in [5.41, 5.74) is 5.59. The Labute approximate surface area is 131 Å². The fourth-order valence-corrected chi connectivity index (χ4v) is 3.47. The Morgan fingerprint density at radius 3 is 2.57 bits per heavy atom. The second kappa shape index (κ2) is 11.2. The van der Waals surface area contributed by atoms with Gasteiger partial charge in [-0.15, -0.1) is 6.58 Å². The topological polar surface area (TPSA) is 38.5 Å². The lowest BCUT2D eigenvalue weighted by molar-refractivity contribution is 0.0833. The maximum absolute atomic E-state index is 5.59. The van der Waals surface area contributed by atoms with Crippen molar-refractivity contribution < 1.29 is 4.74 Å². The highest BCUT2D eigenvalue weighted by atomic mass is 16.5. The van der Waals surface area contributed by atoms with Crippen LogP contribution in [0, 0.1) is 17.8 Å². The van der Waals surface area contributed by atoms with E-state index in [1.807, 2.05) is 6.08 Å². The maximum atomic E-state index is 5.59. The fraction of sp³-hybridized carbons (Fsp3) is 0.889. The van der Waals surface area contributed by atoms with Gasteiger partial charge in [0.15, 0.2) is 0 Å². The summed E-state index contributed by atoms with van der Waals surface area (Å²) in [6, 6.07) is 0. The summed E-state index contributed by atoms with van der Waals surface area (Å²) < 4.78 is 5.43. The summed E-state index contributed by atoms with van der Waals surface area (Å²) >= 11 is 0. The zero-order chi connectivity index (χ0) is 15.5. The van der Waals surface area contributed by atoms with Gasteiger partial charge in [-0.05, 0) is 57.2 Å². The van der Waals surface area contributed by atoms with E-state index in [9.17, 15) is 0 Å². The summed E-state index contributed by atoms with van der Waals surface area (Å²) in [6.07, 6.45) is 10.1. The van der Waals surface area contributed by atoms with E-state index in [0.29, 0.717) is 6.61 Å². The van der Waals surface area contributed by atoms with Gasteiger partial charge in [0, 0.05) is 6.54 Å². The third kappa shape index (κ3) is 7.98. The molecule has 0 spiro atoms. The molecule has 1 saturated heterocycles. The summed E-state index contributed by atoms with van der Waals surface area (Å²) in [6.45, 7) is 10.9. The minimum atomic E-state index is 0.695. The Kier molecular flexibility index (Phi) is 9.98. The molecule has 124 valence electrons.